The Bertz CT molecular complexity index is 630. The largest absolute Gasteiger partial charge is 0.326 e. The summed E-state index contributed by atoms with van der Waals surface area (Å²) in [5.41, 5.74) is 7.26. The molecule has 2 aromatic rings. The van der Waals surface area contributed by atoms with Crippen molar-refractivity contribution in [2.45, 2.75) is 6.92 Å². The zero-order chi connectivity index (χ0) is 13.1. The van der Waals surface area contributed by atoms with Gasteiger partial charge in [-0.2, -0.15) is 0 Å². The smallest absolute Gasteiger partial charge is 0.256 e. The van der Waals surface area contributed by atoms with E-state index in [1.165, 1.54) is 0 Å². The Morgan fingerprint density at radius 2 is 1.94 bits per heavy atom. The number of H-pyrrole nitrogens is 1. The van der Waals surface area contributed by atoms with Gasteiger partial charge in [0.25, 0.3) is 5.56 Å². The van der Waals surface area contributed by atoms with Gasteiger partial charge >= 0.3 is 0 Å². The van der Waals surface area contributed by atoms with E-state index in [0.717, 1.165) is 5.56 Å². The summed E-state index contributed by atoms with van der Waals surface area (Å²) in [6.45, 7) is 1.63. The molecule has 0 unspecified atom stereocenters. The monoisotopic (exact) mass is 242 g/mol. The first kappa shape index (κ1) is 12.3. The Balaban J connectivity index is 2.73. The number of pyridine rings is 1. The molecule has 0 saturated carbocycles. The molecule has 0 aliphatic carbocycles. The van der Waals surface area contributed by atoms with Crippen LogP contribution in [0.15, 0.2) is 41.2 Å². The topological polar surface area (TPSA) is 76.0 Å². The maximum atomic E-state index is 12.0. The molecule has 4 heteroatoms. The van der Waals surface area contributed by atoms with Crippen LogP contribution in [0.1, 0.15) is 16.1 Å². The predicted molar refractivity (Wildman–Crippen MR) is 70.6 cm³/mol. The maximum absolute atomic E-state index is 12.0. The normalized spacial score (nSPS) is 10.3. The van der Waals surface area contributed by atoms with Crippen LogP contribution in [-0.2, 0) is 0 Å². The third-order valence-corrected chi connectivity index (χ3v) is 2.72. The van der Waals surface area contributed by atoms with Crippen molar-refractivity contribution in [3.8, 4) is 11.1 Å². The van der Waals surface area contributed by atoms with Crippen LogP contribution >= 0.6 is 0 Å². The summed E-state index contributed by atoms with van der Waals surface area (Å²) < 4.78 is 0. The Morgan fingerprint density at radius 3 is 2.56 bits per heavy atom. The number of aromatic amines is 1. The number of rotatable bonds is 3. The Kier molecular flexibility index (Phi) is 3.39. The maximum Gasteiger partial charge on any atom is 0.256 e. The minimum absolute atomic E-state index is 0.108. The molecule has 0 aliphatic rings. The SMILES string of the molecule is Cc1cc(C(=O)CN)c(-c2ccccc2)c(=O)[nH]1. The van der Waals surface area contributed by atoms with Crippen molar-refractivity contribution in [3.63, 3.8) is 0 Å². The molecule has 18 heavy (non-hydrogen) atoms. The Labute approximate surface area is 104 Å². The van der Waals surface area contributed by atoms with E-state index in [1.807, 2.05) is 18.2 Å². The fraction of sp³-hybridized carbons (Fsp3) is 0.143. The van der Waals surface area contributed by atoms with Crippen molar-refractivity contribution in [1.29, 1.82) is 0 Å². The van der Waals surface area contributed by atoms with Gasteiger partial charge in [0.05, 0.1) is 12.1 Å². The van der Waals surface area contributed by atoms with Gasteiger partial charge < -0.3 is 10.7 Å². The highest BCUT2D eigenvalue weighted by Gasteiger charge is 2.15. The van der Waals surface area contributed by atoms with Crippen LogP contribution in [0.25, 0.3) is 11.1 Å². The lowest BCUT2D eigenvalue weighted by molar-refractivity contribution is 0.100. The minimum Gasteiger partial charge on any atom is -0.326 e. The molecule has 3 N–H and O–H groups in total. The van der Waals surface area contributed by atoms with E-state index >= 15 is 0 Å². The second-order valence-corrected chi connectivity index (χ2v) is 4.06. The summed E-state index contributed by atoms with van der Waals surface area (Å²) in [5, 5.41) is 0. The van der Waals surface area contributed by atoms with Crippen molar-refractivity contribution >= 4 is 5.78 Å². The molecular formula is C14H14N2O2. The molecule has 0 radical (unpaired) electrons. The Morgan fingerprint density at radius 1 is 1.28 bits per heavy atom. The van der Waals surface area contributed by atoms with Gasteiger partial charge in [-0.15, -0.1) is 0 Å². The molecule has 4 nitrogen and oxygen atoms in total. The molecule has 0 saturated heterocycles. The zero-order valence-corrected chi connectivity index (χ0v) is 10.1. The van der Waals surface area contributed by atoms with Crippen LogP contribution in [0.5, 0.6) is 0 Å². The lowest BCUT2D eigenvalue weighted by Gasteiger charge is -2.08. The first-order valence-electron chi connectivity index (χ1n) is 5.66. The molecule has 0 amide bonds. The van der Waals surface area contributed by atoms with Crippen LogP contribution in [0, 0.1) is 6.92 Å². The number of hydrogen-bond acceptors (Lipinski definition) is 3. The zero-order valence-electron chi connectivity index (χ0n) is 10.1. The standard InChI is InChI=1S/C14H14N2O2/c1-9-7-11(12(17)8-15)13(14(18)16-9)10-5-3-2-4-6-10/h2-7H,8,15H2,1H3,(H,16,18). The average molecular weight is 242 g/mol. The van der Waals surface area contributed by atoms with E-state index < -0.39 is 0 Å². The van der Waals surface area contributed by atoms with Crippen molar-refractivity contribution in [1.82, 2.24) is 4.98 Å². The van der Waals surface area contributed by atoms with Gasteiger partial charge in [-0.25, -0.2) is 0 Å². The van der Waals surface area contributed by atoms with E-state index in [-0.39, 0.29) is 17.9 Å². The lowest BCUT2D eigenvalue weighted by Crippen LogP contribution is -2.21. The molecule has 1 heterocycles. The second-order valence-electron chi connectivity index (χ2n) is 4.06. The van der Waals surface area contributed by atoms with Gasteiger partial charge in [0.2, 0.25) is 0 Å². The number of nitrogens with one attached hydrogen (secondary N) is 1. The molecule has 0 fully saturated rings. The molecule has 0 atom stereocenters. The summed E-state index contributed by atoms with van der Waals surface area (Å²) in [6, 6.07) is 10.8. The number of benzene rings is 1. The first-order valence-corrected chi connectivity index (χ1v) is 5.66. The van der Waals surface area contributed by atoms with E-state index in [0.29, 0.717) is 16.8 Å². The highest BCUT2D eigenvalue weighted by atomic mass is 16.1. The van der Waals surface area contributed by atoms with Crippen molar-refractivity contribution < 1.29 is 4.79 Å². The predicted octanol–water partition coefficient (Wildman–Crippen LogP) is 1.49. The third kappa shape index (κ3) is 2.24. The van der Waals surface area contributed by atoms with Crippen LogP contribution in [0.3, 0.4) is 0 Å². The summed E-state index contributed by atoms with van der Waals surface area (Å²) in [4.78, 5) is 26.6. The number of hydrogen-bond donors (Lipinski definition) is 2. The van der Waals surface area contributed by atoms with Gasteiger partial charge in [0, 0.05) is 11.3 Å². The van der Waals surface area contributed by atoms with Crippen molar-refractivity contribution in [2.75, 3.05) is 6.54 Å². The first-order chi connectivity index (χ1) is 8.63. The fourth-order valence-electron chi connectivity index (χ4n) is 1.91. The number of nitrogens with two attached hydrogens (primary N) is 1. The second kappa shape index (κ2) is 4.98. The lowest BCUT2D eigenvalue weighted by atomic mass is 9.98. The highest BCUT2D eigenvalue weighted by Crippen LogP contribution is 2.20. The number of aromatic nitrogens is 1. The molecular weight excluding hydrogens is 228 g/mol. The number of Topliss-reactive ketones (excluding diaryl/α,β-unsaturated/α-hetero) is 1. The van der Waals surface area contributed by atoms with Crippen molar-refractivity contribution in [3.05, 3.63) is 58.0 Å². The number of aryl methyl sites for hydroxylation is 1. The van der Waals surface area contributed by atoms with Crippen LogP contribution in [0.4, 0.5) is 0 Å². The third-order valence-electron chi connectivity index (χ3n) is 2.72. The summed E-state index contributed by atoms with van der Waals surface area (Å²) in [5.74, 6) is -0.233. The van der Waals surface area contributed by atoms with Crippen LogP contribution < -0.4 is 11.3 Å². The summed E-state index contributed by atoms with van der Waals surface area (Å²) in [7, 11) is 0. The van der Waals surface area contributed by atoms with Gasteiger partial charge in [-0.1, -0.05) is 30.3 Å². The van der Waals surface area contributed by atoms with Gasteiger partial charge in [-0.05, 0) is 18.6 Å². The van der Waals surface area contributed by atoms with Crippen LogP contribution in [-0.4, -0.2) is 17.3 Å². The fourth-order valence-corrected chi connectivity index (χ4v) is 1.91. The van der Waals surface area contributed by atoms with Crippen molar-refractivity contribution in [2.24, 2.45) is 5.73 Å². The average Bonchev–Trinajstić information content (AvgIpc) is 2.38. The van der Waals surface area contributed by atoms with E-state index in [9.17, 15) is 9.59 Å². The number of carbonyl (C=O) groups excluding carboxylic acids is 1. The molecule has 0 aliphatic heterocycles. The molecule has 2 rings (SSSR count). The van der Waals surface area contributed by atoms with E-state index in [2.05, 4.69) is 4.98 Å². The molecule has 92 valence electrons. The highest BCUT2D eigenvalue weighted by molar-refractivity contribution is 6.03. The van der Waals surface area contributed by atoms with Crippen LogP contribution in [0.2, 0.25) is 0 Å². The minimum atomic E-state index is -0.266. The Hall–Kier alpha value is -2.20. The quantitative estimate of drug-likeness (QED) is 0.801. The number of carbonyl (C=O) groups is 1. The van der Waals surface area contributed by atoms with E-state index in [1.54, 1.807) is 25.1 Å². The van der Waals surface area contributed by atoms with Gasteiger partial charge in [0.15, 0.2) is 5.78 Å². The molecule has 1 aromatic heterocycles. The summed E-state index contributed by atoms with van der Waals surface area (Å²) >= 11 is 0. The molecule has 0 spiro atoms. The number of ketones is 1. The van der Waals surface area contributed by atoms with Gasteiger partial charge in [-0.3, -0.25) is 9.59 Å². The molecule has 0 bridgehead atoms. The van der Waals surface area contributed by atoms with Gasteiger partial charge in [0.1, 0.15) is 0 Å². The molecule has 1 aromatic carbocycles. The summed E-state index contributed by atoms with van der Waals surface area (Å²) in [6.07, 6.45) is 0. The van der Waals surface area contributed by atoms with E-state index in [4.69, 9.17) is 5.73 Å².